The van der Waals surface area contributed by atoms with Crippen LogP contribution in [0.5, 0.6) is 0 Å². The lowest BCUT2D eigenvalue weighted by Crippen LogP contribution is -2.20. The summed E-state index contributed by atoms with van der Waals surface area (Å²) in [4.78, 5) is 11.1. The number of carbonyl (C=O) groups is 1. The maximum Gasteiger partial charge on any atom is 0.371 e. The van der Waals surface area contributed by atoms with Crippen LogP contribution >= 0.6 is 0 Å². The topological polar surface area (TPSA) is 46.5 Å². The Morgan fingerprint density at radius 1 is 1.43 bits per heavy atom. The molecular weight excluding hydrogens is 271 g/mol. The molecule has 0 saturated heterocycles. The molecule has 0 bridgehead atoms. The van der Waals surface area contributed by atoms with Crippen molar-refractivity contribution in [1.29, 1.82) is 0 Å². The summed E-state index contributed by atoms with van der Waals surface area (Å²) in [7, 11) is 0. The van der Waals surface area contributed by atoms with Gasteiger partial charge in [-0.3, -0.25) is 0 Å². The van der Waals surface area contributed by atoms with E-state index < -0.39 is 5.97 Å². The fourth-order valence-corrected chi connectivity index (χ4v) is 3.08. The Morgan fingerprint density at radius 3 is 2.95 bits per heavy atom. The number of rotatable bonds is 2. The molecule has 21 heavy (non-hydrogen) atoms. The van der Waals surface area contributed by atoms with Crippen LogP contribution in [0.2, 0.25) is 0 Å². The van der Waals surface area contributed by atoms with Crippen molar-refractivity contribution in [2.75, 3.05) is 0 Å². The van der Waals surface area contributed by atoms with Crippen molar-refractivity contribution in [1.82, 2.24) is 0 Å². The second-order valence-corrected chi connectivity index (χ2v) is 5.72. The fraction of sp³-hybridized carbons (Fsp3) is 0.353. The summed E-state index contributed by atoms with van der Waals surface area (Å²) in [5.74, 6) is -0.0436. The molecule has 0 aromatic heterocycles. The van der Waals surface area contributed by atoms with Crippen molar-refractivity contribution < 1.29 is 19.0 Å². The third-order valence-corrected chi connectivity index (χ3v) is 4.17. The van der Waals surface area contributed by atoms with E-state index in [1.165, 1.54) is 6.08 Å². The van der Waals surface area contributed by atoms with E-state index in [1.807, 2.05) is 12.2 Å². The van der Waals surface area contributed by atoms with Crippen LogP contribution in [0.1, 0.15) is 26.2 Å². The van der Waals surface area contributed by atoms with Crippen LogP contribution in [-0.2, 0) is 9.53 Å². The average molecular weight is 288 g/mol. The Kier molecular flexibility index (Phi) is 3.53. The normalized spacial score (nSPS) is 28.2. The molecule has 2 unspecified atom stereocenters. The molecule has 110 valence electrons. The Labute approximate surface area is 122 Å². The quantitative estimate of drug-likeness (QED) is 0.834. The van der Waals surface area contributed by atoms with E-state index in [0.717, 1.165) is 17.6 Å². The number of fused-ring (bicyclic) bond motifs is 1. The van der Waals surface area contributed by atoms with Crippen molar-refractivity contribution in [2.45, 2.75) is 26.2 Å². The number of hydrogen-bond acceptors (Lipinski definition) is 2. The highest BCUT2D eigenvalue weighted by Crippen LogP contribution is 2.39. The van der Waals surface area contributed by atoms with Crippen LogP contribution in [0.25, 0.3) is 0 Å². The Hall–Kier alpha value is -2.10. The van der Waals surface area contributed by atoms with Crippen LogP contribution in [0.15, 0.2) is 58.9 Å². The van der Waals surface area contributed by atoms with Gasteiger partial charge in [0.05, 0.1) is 0 Å². The van der Waals surface area contributed by atoms with Gasteiger partial charge in [0, 0.05) is 12.8 Å². The highest BCUT2D eigenvalue weighted by atomic mass is 19.1. The lowest BCUT2D eigenvalue weighted by atomic mass is 9.79. The highest BCUT2D eigenvalue weighted by Gasteiger charge is 2.29. The summed E-state index contributed by atoms with van der Waals surface area (Å²) in [6.07, 6.45) is 11.1. The number of allylic oxidation sites excluding steroid dienone is 8. The van der Waals surface area contributed by atoms with Crippen LogP contribution < -0.4 is 0 Å². The molecule has 0 fully saturated rings. The van der Waals surface area contributed by atoms with Crippen molar-refractivity contribution >= 4 is 5.97 Å². The van der Waals surface area contributed by atoms with Gasteiger partial charge in [-0.2, -0.15) is 0 Å². The third kappa shape index (κ3) is 2.71. The van der Waals surface area contributed by atoms with E-state index in [2.05, 4.69) is 6.08 Å². The van der Waals surface area contributed by atoms with E-state index in [1.54, 1.807) is 13.0 Å². The lowest BCUT2D eigenvalue weighted by Gasteiger charge is -2.30. The lowest BCUT2D eigenvalue weighted by molar-refractivity contribution is -0.136. The van der Waals surface area contributed by atoms with Gasteiger partial charge in [0.2, 0.25) is 5.76 Å². The molecule has 0 radical (unpaired) electrons. The number of ether oxygens (including phenoxy) is 1. The molecule has 3 aliphatic rings. The standard InChI is InChI=1S/C17H17FO3/c1-10-7-13-8-12(11-3-2-4-14(18)9-11)5-6-15(13)21-16(10)17(19)20/h2-4,6,8,11-12H,5,7,9H2,1H3,(H,19,20). The molecule has 1 heterocycles. The van der Waals surface area contributed by atoms with E-state index in [9.17, 15) is 9.18 Å². The molecule has 2 aliphatic carbocycles. The summed E-state index contributed by atoms with van der Waals surface area (Å²) in [5, 5.41) is 9.10. The molecule has 0 saturated carbocycles. The van der Waals surface area contributed by atoms with E-state index in [-0.39, 0.29) is 23.4 Å². The van der Waals surface area contributed by atoms with E-state index in [4.69, 9.17) is 9.84 Å². The fourth-order valence-electron chi connectivity index (χ4n) is 3.08. The van der Waals surface area contributed by atoms with Crippen molar-refractivity contribution in [3.63, 3.8) is 0 Å². The summed E-state index contributed by atoms with van der Waals surface area (Å²) >= 11 is 0. The number of halogens is 1. The van der Waals surface area contributed by atoms with Crippen LogP contribution in [0, 0.1) is 11.8 Å². The van der Waals surface area contributed by atoms with Gasteiger partial charge in [0.1, 0.15) is 11.6 Å². The molecule has 3 nitrogen and oxygen atoms in total. The highest BCUT2D eigenvalue weighted by molar-refractivity contribution is 5.86. The molecule has 0 spiro atoms. The average Bonchev–Trinajstić information content (AvgIpc) is 2.45. The second-order valence-electron chi connectivity index (χ2n) is 5.72. The van der Waals surface area contributed by atoms with Gasteiger partial charge >= 0.3 is 5.97 Å². The zero-order chi connectivity index (χ0) is 15.0. The van der Waals surface area contributed by atoms with Gasteiger partial charge in [-0.15, -0.1) is 0 Å². The second kappa shape index (κ2) is 5.35. The molecular formula is C17H17FO3. The Morgan fingerprint density at radius 2 is 2.24 bits per heavy atom. The number of carboxylic acid groups (broad SMARTS) is 1. The molecule has 4 heteroatoms. The summed E-state index contributed by atoms with van der Waals surface area (Å²) in [6.45, 7) is 1.77. The van der Waals surface area contributed by atoms with Gasteiger partial charge in [-0.25, -0.2) is 9.18 Å². The van der Waals surface area contributed by atoms with Crippen LogP contribution in [-0.4, -0.2) is 11.1 Å². The first-order valence-corrected chi connectivity index (χ1v) is 7.09. The zero-order valence-electron chi connectivity index (χ0n) is 11.8. The van der Waals surface area contributed by atoms with Crippen molar-refractivity contribution in [3.05, 3.63) is 58.9 Å². The summed E-state index contributed by atoms with van der Waals surface area (Å²) < 4.78 is 18.9. The molecule has 1 aliphatic heterocycles. The predicted molar refractivity (Wildman–Crippen MR) is 76.7 cm³/mol. The maximum atomic E-state index is 13.4. The SMILES string of the molecule is CC1=C(C(=O)O)OC2=CCC(C3C=CC=C(F)C3)C=C2C1. The van der Waals surface area contributed by atoms with Gasteiger partial charge in [0.15, 0.2) is 0 Å². The molecule has 3 rings (SSSR count). The summed E-state index contributed by atoms with van der Waals surface area (Å²) in [6, 6.07) is 0. The van der Waals surface area contributed by atoms with Gasteiger partial charge in [0.25, 0.3) is 0 Å². The minimum atomic E-state index is -1.03. The minimum absolute atomic E-state index is 0.0309. The van der Waals surface area contributed by atoms with Gasteiger partial charge in [-0.05, 0) is 48.5 Å². The number of hydrogen-bond donors (Lipinski definition) is 1. The zero-order valence-corrected chi connectivity index (χ0v) is 11.8. The Balaban J connectivity index is 1.81. The van der Waals surface area contributed by atoms with E-state index in [0.29, 0.717) is 18.6 Å². The minimum Gasteiger partial charge on any atom is -0.475 e. The number of aliphatic carboxylic acids is 1. The maximum absolute atomic E-state index is 13.4. The molecule has 0 aromatic rings. The van der Waals surface area contributed by atoms with Gasteiger partial charge < -0.3 is 9.84 Å². The molecule has 2 atom stereocenters. The van der Waals surface area contributed by atoms with Crippen molar-refractivity contribution in [2.24, 2.45) is 11.8 Å². The number of carboxylic acids is 1. The smallest absolute Gasteiger partial charge is 0.371 e. The summed E-state index contributed by atoms with van der Waals surface area (Å²) in [5.41, 5.74) is 1.73. The van der Waals surface area contributed by atoms with Crippen molar-refractivity contribution in [3.8, 4) is 0 Å². The molecule has 1 N–H and O–H groups in total. The molecule has 0 aromatic carbocycles. The predicted octanol–water partition coefficient (Wildman–Crippen LogP) is 4.03. The first-order chi connectivity index (χ1) is 10.0. The van der Waals surface area contributed by atoms with E-state index >= 15 is 0 Å². The van der Waals surface area contributed by atoms with Crippen LogP contribution in [0.3, 0.4) is 0 Å². The van der Waals surface area contributed by atoms with Crippen LogP contribution in [0.4, 0.5) is 4.39 Å². The largest absolute Gasteiger partial charge is 0.475 e. The first-order valence-electron chi connectivity index (χ1n) is 7.09. The third-order valence-electron chi connectivity index (χ3n) is 4.17. The first kappa shape index (κ1) is 13.9. The molecule has 0 amide bonds. The Bertz CT molecular complexity index is 634. The monoisotopic (exact) mass is 288 g/mol. The van der Waals surface area contributed by atoms with Gasteiger partial charge in [-0.1, -0.05) is 18.2 Å².